The van der Waals surface area contributed by atoms with Gasteiger partial charge in [-0.1, -0.05) is 6.92 Å². The van der Waals surface area contributed by atoms with Crippen LogP contribution in [0.3, 0.4) is 0 Å². The molecule has 0 aromatic heterocycles. The molecule has 1 unspecified atom stereocenters. The van der Waals surface area contributed by atoms with E-state index in [9.17, 15) is 9.50 Å². The van der Waals surface area contributed by atoms with Gasteiger partial charge in [-0.25, -0.2) is 4.39 Å². The van der Waals surface area contributed by atoms with E-state index in [0.717, 1.165) is 0 Å². The van der Waals surface area contributed by atoms with E-state index in [0.29, 0.717) is 17.7 Å². The second-order valence-corrected chi connectivity index (χ2v) is 3.33. The van der Waals surface area contributed by atoms with E-state index in [1.165, 1.54) is 18.2 Å². The molecule has 1 aromatic rings. The second-order valence-electron chi connectivity index (χ2n) is 3.33. The van der Waals surface area contributed by atoms with E-state index in [2.05, 4.69) is 0 Å². The van der Waals surface area contributed by atoms with Crippen molar-refractivity contribution in [2.75, 3.05) is 6.61 Å². The summed E-state index contributed by atoms with van der Waals surface area (Å²) in [7, 11) is 0. The molecule has 0 saturated heterocycles. The maximum absolute atomic E-state index is 12.8. The van der Waals surface area contributed by atoms with Crippen LogP contribution in [0.4, 0.5) is 4.39 Å². The fourth-order valence-corrected chi connectivity index (χ4v) is 1.15. The van der Waals surface area contributed by atoms with Gasteiger partial charge in [0, 0.05) is 12.1 Å². The van der Waals surface area contributed by atoms with E-state index in [4.69, 9.17) is 10.5 Å². The minimum absolute atomic E-state index is 0.204. The zero-order chi connectivity index (χ0) is 11.3. The minimum Gasteiger partial charge on any atom is -0.491 e. The summed E-state index contributed by atoms with van der Waals surface area (Å²) in [4.78, 5) is 0. The predicted molar refractivity (Wildman–Crippen MR) is 56.1 cm³/mol. The summed E-state index contributed by atoms with van der Waals surface area (Å²) in [5.41, 5.74) is 6.06. The molecule has 0 fully saturated rings. The number of ether oxygens (including phenoxy) is 1. The van der Waals surface area contributed by atoms with E-state index >= 15 is 0 Å². The van der Waals surface area contributed by atoms with Crippen molar-refractivity contribution in [1.82, 2.24) is 0 Å². The zero-order valence-electron chi connectivity index (χ0n) is 8.74. The van der Waals surface area contributed by atoms with Gasteiger partial charge in [0.1, 0.15) is 18.2 Å². The predicted octanol–water partition coefficient (Wildman–Crippen LogP) is 1.43. The average Bonchev–Trinajstić information content (AvgIpc) is 2.26. The van der Waals surface area contributed by atoms with E-state index in [1.54, 1.807) is 0 Å². The van der Waals surface area contributed by atoms with Crippen molar-refractivity contribution in [3.8, 4) is 5.75 Å². The SMILES string of the molecule is CCC(O)COc1ccc(F)cc1CN. The van der Waals surface area contributed by atoms with Gasteiger partial charge < -0.3 is 15.6 Å². The second kappa shape index (κ2) is 5.68. The Morgan fingerprint density at radius 1 is 1.53 bits per heavy atom. The number of hydrogen-bond acceptors (Lipinski definition) is 3. The lowest BCUT2D eigenvalue weighted by Gasteiger charge is -2.13. The van der Waals surface area contributed by atoms with Crippen LogP contribution < -0.4 is 10.5 Å². The van der Waals surface area contributed by atoms with Crippen LogP contribution in [0.5, 0.6) is 5.75 Å². The molecule has 3 N–H and O–H groups in total. The molecule has 0 aliphatic rings. The van der Waals surface area contributed by atoms with Crippen molar-refractivity contribution < 1.29 is 14.2 Å². The van der Waals surface area contributed by atoms with Gasteiger partial charge in [-0.2, -0.15) is 0 Å². The summed E-state index contributed by atoms with van der Waals surface area (Å²) in [6.07, 6.45) is 0.125. The Kier molecular flexibility index (Phi) is 4.52. The molecular weight excluding hydrogens is 197 g/mol. The molecule has 15 heavy (non-hydrogen) atoms. The number of rotatable bonds is 5. The summed E-state index contributed by atoms with van der Waals surface area (Å²) >= 11 is 0. The van der Waals surface area contributed by atoms with Crippen molar-refractivity contribution in [1.29, 1.82) is 0 Å². The van der Waals surface area contributed by atoms with Crippen molar-refractivity contribution in [2.24, 2.45) is 5.73 Å². The highest BCUT2D eigenvalue weighted by atomic mass is 19.1. The molecular formula is C11H16FNO2. The van der Waals surface area contributed by atoms with Crippen LogP contribution in [-0.4, -0.2) is 17.8 Å². The quantitative estimate of drug-likeness (QED) is 0.778. The molecule has 0 saturated carbocycles. The molecule has 1 atom stereocenters. The first kappa shape index (κ1) is 11.9. The van der Waals surface area contributed by atoms with Gasteiger partial charge in [0.2, 0.25) is 0 Å². The highest BCUT2D eigenvalue weighted by Gasteiger charge is 2.06. The van der Waals surface area contributed by atoms with Crippen molar-refractivity contribution in [3.05, 3.63) is 29.6 Å². The third-order valence-corrected chi connectivity index (χ3v) is 2.14. The summed E-state index contributed by atoms with van der Waals surface area (Å²) in [6, 6.07) is 4.18. The topological polar surface area (TPSA) is 55.5 Å². The molecule has 0 aliphatic carbocycles. The van der Waals surface area contributed by atoms with Gasteiger partial charge in [-0.05, 0) is 24.6 Å². The lowest BCUT2D eigenvalue weighted by atomic mass is 10.2. The highest BCUT2D eigenvalue weighted by molar-refractivity contribution is 5.33. The van der Waals surface area contributed by atoms with Crippen LogP contribution in [-0.2, 0) is 6.54 Å². The number of nitrogens with two attached hydrogens (primary N) is 1. The van der Waals surface area contributed by atoms with Crippen LogP contribution in [0.15, 0.2) is 18.2 Å². The number of halogens is 1. The molecule has 0 radical (unpaired) electrons. The Bertz CT molecular complexity index is 317. The van der Waals surface area contributed by atoms with Crippen molar-refractivity contribution >= 4 is 0 Å². The van der Waals surface area contributed by atoms with Gasteiger partial charge in [-0.3, -0.25) is 0 Å². The highest BCUT2D eigenvalue weighted by Crippen LogP contribution is 2.19. The molecule has 3 nitrogen and oxygen atoms in total. The van der Waals surface area contributed by atoms with Crippen LogP contribution in [0, 0.1) is 5.82 Å². The van der Waals surface area contributed by atoms with Crippen molar-refractivity contribution in [2.45, 2.75) is 26.0 Å². The van der Waals surface area contributed by atoms with Crippen LogP contribution in [0.2, 0.25) is 0 Å². The van der Waals surface area contributed by atoms with Gasteiger partial charge in [0.05, 0.1) is 6.10 Å². The van der Waals surface area contributed by atoms with Gasteiger partial charge in [-0.15, -0.1) is 0 Å². The van der Waals surface area contributed by atoms with Crippen LogP contribution in [0.25, 0.3) is 0 Å². The Hall–Kier alpha value is -1.13. The number of hydrogen-bond donors (Lipinski definition) is 2. The Labute approximate surface area is 88.7 Å². The summed E-state index contributed by atoms with van der Waals surface area (Å²) in [5.74, 6) is 0.199. The molecule has 84 valence electrons. The Morgan fingerprint density at radius 3 is 2.87 bits per heavy atom. The summed E-state index contributed by atoms with van der Waals surface area (Å²) < 4.78 is 18.2. The first-order valence-electron chi connectivity index (χ1n) is 4.96. The van der Waals surface area contributed by atoms with Gasteiger partial charge >= 0.3 is 0 Å². The van der Waals surface area contributed by atoms with Gasteiger partial charge in [0.25, 0.3) is 0 Å². The first-order chi connectivity index (χ1) is 7.17. The largest absolute Gasteiger partial charge is 0.491 e. The average molecular weight is 213 g/mol. The number of benzene rings is 1. The first-order valence-corrected chi connectivity index (χ1v) is 4.96. The van der Waals surface area contributed by atoms with E-state index < -0.39 is 6.10 Å². The molecule has 1 aromatic carbocycles. The smallest absolute Gasteiger partial charge is 0.124 e. The standard InChI is InChI=1S/C11H16FNO2/c1-2-10(14)7-15-11-4-3-9(12)5-8(11)6-13/h3-5,10,14H,2,6-7,13H2,1H3. The Balaban J connectivity index is 2.67. The van der Waals surface area contributed by atoms with Gasteiger partial charge in [0.15, 0.2) is 0 Å². The molecule has 0 amide bonds. The summed E-state index contributed by atoms with van der Waals surface area (Å²) in [5, 5.41) is 9.31. The monoisotopic (exact) mass is 213 g/mol. The third-order valence-electron chi connectivity index (χ3n) is 2.14. The van der Waals surface area contributed by atoms with Crippen LogP contribution in [0.1, 0.15) is 18.9 Å². The molecule has 0 heterocycles. The molecule has 0 aliphatic heterocycles. The third kappa shape index (κ3) is 3.49. The molecule has 1 rings (SSSR count). The Morgan fingerprint density at radius 2 is 2.27 bits per heavy atom. The molecule has 0 bridgehead atoms. The fourth-order valence-electron chi connectivity index (χ4n) is 1.15. The zero-order valence-corrected chi connectivity index (χ0v) is 8.74. The van der Waals surface area contributed by atoms with E-state index in [1.807, 2.05) is 6.92 Å². The maximum Gasteiger partial charge on any atom is 0.124 e. The lowest BCUT2D eigenvalue weighted by molar-refractivity contribution is 0.104. The van der Waals surface area contributed by atoms with Crippen molar-refractivity contribution in [3.63, 3.8) is 0 Å². The number of aliphatic hydroxyl groups is 1. The minimum atomic E-state index is -0.499. The fraction of sp³-hybridized carbons (Fsp3) is 0.455. The van der Waals surface area contributed by atoms with Crippen LogP contribution >= 0.6 is 0 Å². The molecule has 4 heteroatoms. The number of aliphatic hydroxyl groups excluding tert-OH is 1. The molecule has 0 spiro atoms. The maximum atomic E-state index is 12.8. The van der Waals surface area contributed by atoms with E-state index in [-0.39, 0.29) is 19.0 Å². The normalized spacial score (nSPS) is 12.5. The summed E-state index contributed by atoms with van der Waals surface area (Å²) in [6.45, 7) is 2.28. The lowest BCUT2D eigenvalue weighted by Crippen LogP contribution is -2.17.